The second-order valence-electron chi connectivity index (χ2n) is 10.1. The van der Waals surface area contributed by atoms with Crippen LogP contribution in [-0.2, 0) is 16.6 Å². The van der Waals surface area contributed by atoms with Crippen LogP contribution in [-0.4, -0.2) is 53.2 Å². The van der Waals surface area contributed by atoms with Crippen LogP contribution >= 0.6 is 0 Å². The van der Waals surface area contributed by atoms with Gasteiger partial charge in [0.1, 0.15) is 0 Å². The van der Waals surface area contributed by atoms with E-state index in [2.05, 4.69) is 35.0 Å². The van der Waals surface area contributed by atoms with Gasteiger partial charge < -0.3 is 15.1 Å². The van der Waals surface area contributed by atoms with E-state index in [1.807, 2.05) is 16.6 Å². The minimum absolute atomic E-state index is 0.00855. The van der Waals surface area contributed by atoms with Crippen LogP contribution in [0.1, 0.15) is 56.6 Å². The lowest BCUT2D eigenvalue weighted by Crippen LogP contribution is -2.36. The maximum absolute atomic E-state index is 12.5. The molecule has 176 valence electrons. The molecule has 3 fully saturated rings. The number of nitrogens with zero attached hydrogens (tertiary/aromatic N) is 4. The molecular formula is C26H35N5O2. The third-order valence-electron chi connectivity index (χ3n) is 7.99. The lowest BCUT2D eigenvalue weighted by molar-refractivity contribution is -0.123. The minimum Gasteiger partial charge on any atom is -0.371 e. The van der Waals surface area contributed by atoms with E-state index < -0.39 is 0 Å². The van der Waals surface area contributed by atoms with Gasteiger partial charge in [-0.25, -0.2) is 0 Å². The topological polar surface area (TPSA) is 70.5 Å². The van der Waals surface area contributed by atoms with Gasteiger partial charge in [-0.3, -0.25) is 14.3 Å². The van der Waals surface area contributed by atoms with E-state index in [0.717, 1.165) is 92.4 Å². The Balaban J connectivity index is 1.23. The Hall–Kier alpha value is -2.83. The van der Waals surface area contributed by atoms with Crippen molar-refractivity contribution in [3.63, 3.8) is 0 Å². The van der Waals surface area contributed by atoms with Crippen LogP contribution in [0.3, 0.4) is 0 Å². The number of piperidine rings is 3. The summed E-state index contributed by atoms with van der Waals surface area (Å²) in [4.78, 5) is 27.9. The summed E-state index contributed by atoms with van der Waals surface area (Å²) in [6.07, 6.45) is 8.65. The average Bonchev–Trinajstić information content (AvgIpc) is 3.15. The number of fused-ring (bicyclic) bond motifs is 1. The number of carbonyl (C=O) groups excluding carboxylic acids is 2. The Morgan fingerprint density at radius 3 is 2.45 bits per heavy atom. The number of aromatic nitrogens is 2. The maximum atomic E-state index is 12.5. The van der Waals surface area contributed by atoms with Gasteiger partial charge in [-0.15, -0.1) is 0 Å². The average molecular weight is 450 g/mol. The smallest absolute Gasteiger partial charge is 0.233 e. The van der Waals surface area contributed by atoms with Crippen molar-refractivity contribution in [3.05, 3.63) is 36.2 Å². The highest BCUT2D eigenvalue weighted by molar-refractivity contribution is 5.93. The van der Waals surface area contributed by atoms with Crippen LogP contribution in [0, 0.1) is 11.8 Å². The molecular weight excluding hydrogens is 414 g/mol. The number of allylic oxidation sites excluding steroid dienone is 1. The normalized spacial score (nSPS) is 23.2. The first kappa shape index (κ1) is 22.0. The van der Waals surface area contributed by atoms with Crippen molar-refractivity contribution in [2.75, 3.05) is 31.1 Å². The van der Waals surface area contributed by atoms with Crippen LogP contribution in [0.2, 0.25) is 0 Å². The van der Waals surface area contributed by atoms with E-state index in [1.54, 1.807) is 0 Å². The molecule has 2 amide bonds. The van der Waals surface area contributed by atoms with Crippen molar-refractivity contribution < 1.29 is 9.59 Å². The lowest BCUT2D eigenvalue weighted by Gasteiger charge is -2.37. The van der Waals surface area contributed by atoms with Crippen LogP contribution in [0.4, 0.5) is 5.69 Å². The van der Waals surface area contributed by atoms with Crippen LogP contribution in [0.25, 0.3) is 10.9 Å². The number of nitrogens with one attached hydrogen (secondary N) is 1. The Kier molecular flexibility index (Phi) is 6.13. The van der Waals surface area contributed by atoms with E-state index in [4.69, 9.17) is 5.10 Å². The molecule has 7 heteroatoms. The van der Waals surface area contributed by atoms with Crippen LogP contribution < -0.4 is 10.2 Å². The van der Waals surface area contributed by atoms with Crippen molar-refractivity contribution in [2.45, 2.75) is 50.9 Å². The van der Waals surface area contributed by atoms with Gasteiger partial charge in [-0.1, -0.05) is 6.58 Å². The summed E-state index contributed by atoms with van der Waals surface area (Å²) in [7, 11) is 1.97. The number of likely N-dealkylation sites (tertiary alicyclic amines) is 1. The molecule has 4 heterocycles. The SMILES string of the molecule is C=C1CCC(c2nn(C)c3cc(N4CCC(CC5CCN(C=O)CC5)CC4)ccc23)C(=O)N1. The molecule has 1 N–H and O–H groups in total. The molecule has 2 aromatic rings. The summed E-state index contributed by atoms with van der Waals surface area (Å²) in [5, 5.41) is 8.72. The van der Waals surface area contributed by atoms with Gasteiger partial charge in [0.05, 0.1) is 17.1 Å². The van der Waals surface area contributed by atoms with E-state index in [1.165, 1.54) is 24.9 Å². The van der Waals surface area contributed by atoms with Crippen molar-refractivity contribution in [1.29, 1.82) is 0 Å². The predicted octanol–water partition coefficient (Wildman–Crippen LogP) is 3.56. The fourth-order valence-corrected chi connectivity index (χ4v) is 5.95. The van der Waals surface area contributed by atoms with Gasteiger partial charge in [0, 0.05) is 50.0 Å². The minimum atomic E-state index is -0.209. The molecule has 0 aliphatic carbocycles. The Bertz CT molecular complexity index is 1040. The highest BCUT2D eigenvalue weighted by Gasteiger charge is 2.30. The molecule has 0 saturated carbocycles. The summed E-state index contributed by atoms with van der Waals surface area (Å²) in [5.41, 5.74) is 4.01. The van der Waals surface area contributed by atoms with Gasteiger partial charge in [-0.2, -0.15) is 5.10 Å². The molecule has 1 aromatic carbocycles. The molecule has 1 unspecified atom stereocenters. The van der Waals surface area contributed by atoms with Crippen molar-refractivity contribution in [1.82, 2.24) is 20.0 Å². The third kappa shape index (κ3) is 4.50. The molecule has 3 saturated heterocycles. The third-order valence-corrected chi connectivity index (χ3v) is 7.99. The number of aryl methyl sites for hydroxylation is 1. The number of hydrogen-bond acceptors (Lipinski definition) is 4. The van der Waals surface area contributed by atoms with Gasteiger partial charge >= 0.3 is 0 Å². The zero-order chi connectivity index (χ0) is 22.9. The number of amides is 2. The van der Waals surface area contributed by atoms with Crippen LogP contribution in [0.5, 0.6) is 0 Å². The molecule has 0 radical (unpaired) electrons. The van der Waals surface area contributed by atoms with Gasteiger partial charge in [0.2, 0.25) is 12.3 Å². The molecule has 33 heavy (non-hydrogen) atoms. The second kappa shape index (κ2) is 9.20. The van der Waals surface area contributed by atoms with E-state index in [0.29, 0.717) is 0 Å². The monoisotopic (exact) mass is 449 g/mol. The van der Waals surface area contributed by atoms with Crippen molar-refractivity contribution in [2.24, 2.45) is 18.9 Å². The number of carbonyl (C=O) groups is 2. The maximum Gasteiger partial charge on any atom is 0.233 e. The molecule has 1 aromatic heterocycles. The van der Waals surface area contributed by atoms with E-state index >= 15 is 0 Å². The fraction of sp³-hybridized carbons (Fsp3) is 0.577. The Morgan fingerprint density at radius 2 is 1.79 bits per heavy atom. The zero-order valence-corrected chi connectivity index (χ0v) is 19.6. The summed E-state index contributed by atoms with van der Waals surface area (Å²) in [5.74, 6) is 1.37. The second-order valence-corrected chi connectivity index (χ2v) is 10.1. The van der Waals surface area contributed by atoms with Gasteiger partial charge in [0.15, 0.2) is 0 Å². The quantitative estimate of drug-likeness (QED) is 0.709. The van der Waals surface area contributed by atoms with Gasteiger partial charge in [0.25, 0.3) is 0 Å². The molecule has 3 aliphatic rings. The summed E-state index contributed by atoms with van der Waals surface area (Å²) in [6, 6.07) is 6.58. The molecule has 5 rings (SSSR count). The lowest BCUT2D eigenvalue weighted by atomic mass is 9.83. The predicted molar refractivity (Wildman–Crippen MR) is 130 cm³/mol. The number of anilines is 1. The first-order valence-electron chi connectivity index (χ1n) is 12.4. The zero-order valence-electron chi connectivity index (χ0n) is 19.6. The molecule has 1 atom stereocenters. The summed E-state index contributed by atoms with van der Waals surface area (Å²) >= 11 is 0. The summed E-state index contributed by atoms with van der Waals surface area (Å²) < 4.78 is 1.92. The first-order chi connectivity index (χ1) is 16.0. The first-order valence-corrected chi connectivity index (χ1v) is 12.4. The molecule has 0 spiro atoms. The Morgan fingerprint density at radius 1 is 1.09 bits per heavy atom. The fourth-order valence-electron chi connectivity index (χ4n) is 5.95. The Labute approximate surface area is 195 Å². The highest BCUT2D eigenvalue weighted by Crippen LogP contribution is 2.35. The number of benzene rings is 1. The number of hydrogen-bond donors (Lipinski definition) is 1. The highest BCUT2D eigenvalue weighted by atomic mass is 16.2. The summed E-state index contributed by atoms with van der Waals surface area (Å²) in [6.45, 7) is 7.91. The standard InChI is InChI=1S/C26H35N5O2/c1-18-3-5-23(26(33)27-18)25-22-6-4-21(16-24(22)29(2)28-25)31-13-9-20(10-14-31)15-19-7-11-30(17-32)12-8-19/h4,6,16-17,19-20,23H,1,3,5,7-15H2,2H3,(H,27,33). The van der Waals surface area contributed by atoms with Crippen molar-refractivity contribution >= 4 is 28.9 Å². The van der Waals surface area contributed by atoms with Gasteiger partial charge in [-0.05, 0) is 75.0 Å². The number of rotatable bonds is 5. The van der Waals surface area contributed by atoms with E-state index in [-0.39, 0.29) is 11.8 Å². The molecule has 0 bridgehead atoms. The molecule has 7 nitrogen and oxygen atoms in total. The van der Waals surface area contributed by atoms with E-state index in [9.17, 15) is 9.59 Å². The van der Waals surface area contributed by atoms with Crippen molar-refractivity contribution in [3.8, 4) is 0 Å². The molecule has 3 aliphatic heterocycles. The van der Waals surface area contributed by atoms with Crippen LogP contribution in [0.15, 0.2) is 30.5 Å². The largest absolute Gasteiger partial charge is 0.371 e.